The predicted molar refractivity (Wildman–Crippen MR) is 73.2 cm³/mol. The van der Waals surface area contributed by atoms with E-state index in [1.807, 2.05) is 6.07 Å². The quantitative estimate of drug-likeness (QED) is 0.854. The van der Waals surface area contributed by atoms with Gasteiger partial charge in [0.05, 0.1) is 16.8 Å². The standard InChI is InChI=1S/C12H16N4O2S/c1-13-7-10-5-3-4-6-12(10)19(17,18)15-11-8-14-16(2)9-11/h3-6,8-9,13,15H,7H2,1-2H3. The summed E-state index contributed by atoms with van der Waals surface area (Å²) in [4.78, 5) is 0.271. The Bertz CT molecular complexity index is 664. The number of hydrogen-bond acceptors (Lipinski definition) is 4. The van der Waals surface area contributed by atoms with Crippen LogP contribution in [0.5, 0.6) is 0 Å². The van der Waals surface area contributed by atoms with E-state index in [0.29, 0.717) is 12.2 Å². The molecule has 0 radical (unpaired) electrons. The maximum Gasteiger partial charge on any atom is 0.262 e. The molecule has 19 heavy (non-hydrogen) atoms. The second-order valence-electron chi connectivity index (χ2n) is 4.15. The van der Waals surface area contributed by atoms with E-state index in [0.717, 1.165) is 5.56 Å². The van der Waals surface area contributed by atoms with Crippen molar-refractivity contribution in [3.8, 4) is 0 Å². The first-order valence-electron chi connectivity index (χ1n) is 5.77. The zero-order chi connectivity index (χ0) is 13.9. The van der Waals surface area contributed by atoms with Crippen LogP contribution in [0, 0.1) is 0 Å². The average Bonchev–Trinajstić information content (AvgIpc) is 2.75. The number of benzene rings is 1. The molecule has 1 aromatic heterocycles. The van der Waals surface area contributed by atoms with Crippen LogP contribution in [0.1, 0.15) is 5.56 Å². The molecule has 2 N–H and O–H groups in total. The molecule has 0 spiro atoms. The van der Waals surface area contributed by atoms with Gasteiger partial charge in [-0.3, -0.25) is 9.40 Å². The van der Waals surface area contributed by atoms with Crippen LogP contribution in [-0.2, 0) is 23.6 Å². The highest BCUT2D eigenvalue weighted by atomic mass is 32.2. The highest BCUT2D eigenvalue weighted by Gasteiger charge is 2.18. The maximum absolute atomic E-state index is 12.3. The molecule has 7 heteroatoms. The molecular formula is C12H16N4O2S. The van der Waals surface area contributed by atoms with Crippen LogP contribution in [0.4, 0.5) is 5.69 Å². The first kappa shape index (κ1) is 13.6. The molecule has 2 rings (SSSR count). The predicted octanol–water partition coefficient (Wildman–Crippen LogP) is 0.940. The zero-order valence-electron chi connectivity index (χ0n) is 10.8. The Morgan fingerprint density at radius 1 is 1.32 bits per heavy atom. The smallest absolute Gasteiger partial charge is 0.262 e. The monoisotopic (exact) mass is 280 g/mol. The average molecular weight is 280 g/mol. The Hall–Kier alpha value is -1.86. The summed E-state index contributed by atoms with van der Waals surface area (Å²) in [5.74, 6) is 0. The van der Waals surface area contributed by atoms with Crippen molar-refractivity contribution >= 4 is 15.7 Å². The van der Waals surface area contributed by atoms with Crippen LogP contribution in [0.3, 0.4) is 0 Å². The molecule has 0 aliphatic heterocycles. The second kappa shape index (κ2) is 5.41. The third-order valence-corrected chi connectivity index (χ3v) is 4.07. The van der Waals surface area contributed by atoms with Gasteiger partial charge in [-0.2, -0.15) is 5.10 Å². The van der Waals surface area contributed by atoms with Crippen molar-refractivity contribution in [3.05, 3.63) is 42.2 Å². The highest BCUT2D eigenvalue weighted by Crippen LogP contribution is 2.19. The van der Waals surface area contributed by atoms with Gasteiger partial charge in [-0.15, -0.1) is 0 Å². The van der Waals surface area contributed by atoms with E-state index in [-0.39, 0.29) is 4.90 Å². The number of anilines is 1. The molecule has 102 valence electrons. The fourth-order valence-electron chi connectivity index (χ4n) is 1.79. The van der Waals surface area contributed by atoms with Crippen molar-refractivity contribution in [3.63, 3.8) is 0 Å². The number of aryl methyl sites for hydroxylation is 1. The third kappa shape index (κ3) is 3.12. The van der Waals surface area contributed by atoms with Gasteiger partial charge in [-0.25, -0.2) is 8.42 Å². The SMILES string of the molecule is CNCc1ccccc1S(=O)(=O)Nc1cnn(C)c1. The summed E-state index contributed by atoms with van der Waals surface area (Å²) in [6.07, 6.45) is 3.08. The van der Waals surface area contributed by atoms with Crippen LogP contribution in [-0.4, -0.2) is 25.2 Å². The van der Waals surface area contributed by atoms with Gasteiger partial charge in [0.1, 0.15) is 0 Å². The number of hydrogen-bond donors (Lipinski definition) is 2. The Morgan fingerprint density at radius 2 is 2.05 bits per heavy atom. The Morgan fingerprint density at radius 3 is 2.68 bits per heavy atom. The van der Waals surface area contributed by atoms with Crippen LogP contribution in [0.25, 0.3) is 0 Å². The minimum atomic E-state index is -3.60. The van der Waals surface area contributed by atoms with Crippen molar-refractivity contribution in [2.75, 3.05) is 11.8 Å². The minimum Gasteiger partial charge on any atom is -0.316 e. The lowest BCUT2D eigenvalue weighted by Gasteiger charge is -2.10. The van der Waals surface area contributed by atoms with E-state index in [2.05, 4.69) is 15.1 Å². The topological polar surface area (TPSA) is 76.0 Å². The lowest BCUT2D eigenvalue weighted by Crippen LogP contribution is -2.17. The summed E-state index contributed by atoms with van der Waals surface area (Å²) in [7, 11) is -0.0915. The van der Waals surface area contributed by atoms with Crippen molar-refractivity contribution in [1.29, 1.82) is 0 Å². The molecule has 0 amide bonds. The van der Waals surface area contributed by atoms with E-state index in [1.54, 1.807) is 38.5 Å². The Labute approximate surface area is 112 Å². The molecular weight excluding hydrogens is 264 g/mol. The lowest BCUT2D eigenvalue weighted by atomic mass is 10.2. The van der Waals surface area contributed by atoms with Gasteiger partial charge in [0, 0.05) is 19.8 Å². The highest BCUT2D eigenvalue weighted by molar-refractivity contribution is 7.92. The third-order valence-electron chi connectivity index (χ3n) is 2.59. The maximum atomic E-state index is 12.3. The van der Waals surface area contributed by atoms with Crippen LogP contribution >= 0.6 is 0 Å². The molecule has 0 bridgehead atoms. The molecule has 0 aliphatic rings. The van der Waals surface area contributed by atoms with Gasteiger partial charge in [0.15, 0.2) is 0 Å². The zero-order valence-corrected chi connectivity index (χ0v) is 11.6. The van der Waals surface area contributed by atoms with E-state index in [1.165, 1.54) is 10.9 Å². The van der Waals surface area contributed by atoms with Crippen molar-refractivity contribution in [2.45, 2.75) is 11.4 Å². The largest absolute Gasteiger partial charge is 0.316 e. The number of nitrogens with one attached hydrogen (secondary N) is 2. The van der Waals surface area contributed by atoms with Gasteiger partial charge >= 0.3 is 0 Å². The van der Waals surface area contributed by atoms with Gasteiger partial charge in [0.2, 0.25) is 0 Å². The first-order chi connectivity index (χ1) is 9.03. The number of aromatic nitrogens is 2. The van der Waals surface area contributed by atoms with Crippen LogP contribution in [0.2, 0.25) is 0 Å². The molecule has 0 saturated carbocycles. The molecule has 0 aliphatic carbocycles. The van der Waals surface area contributed by atoms with E-state index < -0.39 is 10.0 Å². The molecule has 1 aromatic carbocycles. The van der Waals surface area contributed by atoms with Crippen molar-refractivity contribution in [1.82, 2.24) is 15.1 Å². The second-order valence-corrected chi connectivity index (χ2v) is 5.80. The van der Waals surface area contributed by atoms with Gasteiger partial charge in [-0.05, 0) is 18.7 Å². The lowest BCUT2D eigenvalue weighted by molar-refractivity contribution is 0.599. The van der Waals surface area contributed by atoms with Crippen molar-refractivity contribution < 1.29 is 8.42 Å². The van der Waals surface area contributed by atoms with Gasteiger partial charge < -0.3 is 5.32 Å². The molecule has 0 saturated heterocycles. The van der Waals surface area contributed by atoms with Gasteiger partial charge in [-0.1, -0.05) is 18.2 Å². The molecule has 0 atom stereocenters. The number of sulfonamides is 1. The summed E-state index contributed by atoms with van der Waals surface area (Å²) in [6.45, 7) is 0.490. The molecule has 0 fully saturated rings. The summed E-state index contributed by atoms with van der Waals surface area (Å²) in [5.41, 5.74) is 1.17. The molecule has 1 heterocycles. The normalized spacial score (nSPS) is 11.5. The summed E-state index contributed by atoms with van der Waals surface area (Å²) in [5, 5.41) is 6.89. The Balaban J connectivity index is 2.34. The van der Waals surface area contributed by atoms with Crippen LogP contribution in [0.15, 0.2) is 41.6 Å². The van der Waals surface area contributed by atoms with E-state index in [4.69, 9.17) is 0 Å². The fraction of sp³-hybridized carbons (Fsp3) is 0.250. The van der Waals surface area contributed by atoms with E-state index >= 15 is 0 Å². The number of rotatable bonds is 5. The van der Waals surface area contributed by atoms with E-state index in [9.17, 15) is 8.42 Å². The van der Waals surface area contributed by atoms with Crippen LogP contribution < -0.4 is 10.0 Å². The molecule has 6 nitrogen and oxygen atoms in total. The summed E-state index contributed by atoms with van der Waals surface area (Å²) >= 11 is 0. The summed E-state index contributed by atoms with van der Waals surface area (Å²) < 4.78 is 28.7. The van der Waals surface area contributed by atoms with Crippen molar-refractivity contribution in [2.24, 2.45) is 7.05 Å². The fourth-order valence-corrected chi connectivity index (χ4v) is 3.06. The van der Waals surface area contributed by atoms with Gasteiger partial charge in [0.25, 0.3) is 10.0 Å². The number of nitrogens with zero attached hydrogens (tertiary/aromatic N) is 2. The Kier molecular flexibility index (Phi) is 3.87. The first-order valence-corrected chi connectivity index (χ1v) is 7.25. The molecule has 0 unspecified atom stereocenters. The minimum absolute atomic E-state index is 0.271. The molecule has 2 aromatic rings. The summed E-state index contributed by atoms with van der Waals surface area (Å²) in [6, 6.07) is 6.90.